The lowest BCUT2D eigenvalue weighted by molar-refractivity contribution is -0.123. The number of rotatable bonds is 8. The van der Waals surface area contributed by atoms with Crippen LogP contribution in [0, 0.1) is 0 Å². The average molecular weight is 406 g/mol. The maximum atomic E-state index is 12.0. The summed E-state index contributed by atoms with van der Waals surface area (Å²) < 4.78 is 7.66. The fraction of sp³-hybridized carbons (Fsp3) is 0.300. The number of imidazole rings is 1. The highest BCUT2D eigenvalue weighted by molar-refractivity contribution is 6.35. The zero-order chi connectivity index (χ0) is 19.2. The minimum Gasteiger partial charge on any atom is -0.482 e. The molecule has 3 aromatic rings. The van der Waals surface area contributed by atoms with Crippen molar-refractivity contribution in [3.63, 3.8) is 0 Å². The van der Waals surface area contributed by atoms with Crippen LogP contribution in [0.25, 0.3) is 11.0 Å². The Kier molecular flexibility index (Phi) is 6.58. The highest BCUT2D eigenvalue weighted by Gasteiger charge is 2.11. The molecule has 0 bridgehead atoms. The summed E-state index contributed by atoms with van der Waals surface area (Å²) in [5.74, 6) is 1.19. The second kappa shape index (κ2) is 9.11. The predicted octanol–water partition coefficient (Wildman–Crippen LogP) is 4.49. The molecule has 0 spiro atoms. The number of ether oxygens (including phenoxy) is 1. The maximum absolute atomic E-state index is 12.0. The second-order valence-electron chi connectivity index (χ2n) is 6.13. The number of halogens is 2. The Labute approximate surface area is 168 Å². The number of aryl methyl sites for hydroxylation is 1. The van der Waals surface area contributed by atoms with Gasteiger partial charge in [0, 0.05) is 24.5 Å². The molecule has 0 aliphatic rings. The van der Waals surface area contributed by atoms with Crippen molar-refractivity contribution in [2.75, 3.05) is 13.2 Å². The van der Waals surface area contributed by atoms with Gasteiger partial charge in [-0.05, 0) is 36.8 Å². The molecule has 1 heterocycles. The van der Waals surface area contributed by atoms with E-state index in [2.05, 4.69) is 22.9 Å². The minimum absolute atomic E-state index is 0.104. The monoisotopic (exact) mass is 405 g/mol. The summed E-state index contributed by atoms with van der Waals surface area (Å²) >= 11 is 11.9. The third-order valence-corrected chi connectivity index (χ3v) is 4.63. The zero-order valence-electron chi connectivity index (χ0n) is 15.0. The minimum atomic E-state index is -0.209. The molecule has 7 heteroatoms. The van der Waals surface area contributed by atoms with Gasteiger partial charge in [-0.25, -0.2) is 4.98 Å². The van der Waals surface area contributed by atoms with Crippen LogP contribution >= 0.6 is 23.2 Å². The van der Waals surface area contributed by atoms with Crippen LogP contribution in [-0.4, -0.2) is 28.6 Å². The summed E-state index contributed by atoms with van der Waals surface area (Å²) in [7, 11) is 0. The summed E-state index contributed by atoms with van der Waals surface area (Å²) in [5.41, 5.74) is 2.11. The quantitative estimate of drug-likeness (QED) is 0.600. The lowest BCUT2D eigenvalue weighted by Gasteiger charge is -2.10. The SMILES string of the molecule is CCCn1c(CCNC(=O)COc2ccc(Cl)cc2Cl)nc2ccccc21. The number of nitrogens with zero attached hydrogens (tertiary/aromatic N) is 2. The van der Waals surface area contributed by atoms with Gasteiger partial charge in [0.15, 0.2) is 6.61 Å². The van der Waals surface area contributed by atoms with E-state index in [1.165, 1.54) is 0 Å². The molecule has 0 fully saturated rings. The van der Waals surface area contributed by atoms with Gasteiger partial charge < -0.3 is 14.6 Å². The molecule has 0 aliphatic carbocycles. The molecule has 5 nitrogen and oxygen atoms in total. The van der Waals surface area contributed by atoms with Gasteiger partial charge in [-0.15, -0.1) is 0 Å². The van der Waals surface area contributed by atoms with E-state index in [1.807, 2.05) is 18.2 Å². The highest BCUT2D eigenvalue weighted by atomic mass is 35.5. The van der Waals surface area contributed by atoms with Gasteiger partial charge in [-0.1, -0.05) is 42.3 Å². The van der Waals surface area contributed by atoms with Crippen molar-refractivity contribution in [3.05, 3.63) is 58.3 Å². The lowest BCUT2D eigenvalue weighted by atomic mass is 10.3. The Morgan fingerprint density at radius 1 is 1.22 bits per heavy atom. The maximum Gasteiger partial charge on any atom is 0.257 e. The molecule has 0 radical (unpaired) electrons. The fourth-order valence-electron chi connectivity index (χ4n) is 2.89. The molecule has 27 heavy (non-hydrogen) atoms. The summed E-state index contributed by atoms with van der Waals surface area (Å²) in [6.45, 7) is 3.43. The Morgan fingerprint density at radius 2 is 2.04 bits per heavy atom. The number of hydrogen-bond acceptors (Lipinski definition) is 3. The molecule has 0 aliphatic heterocycles. The smallest absolute Gasteiger partial charge is 0.257 e. The molecule has 1 N–H and O–H groups in total. The standard InChI is InChI=1S/C20H21Cl2N3O2/c1-2-11-25-17-6-4-3-5-16(17)24-19(25)9-10-23-20(26)13-27-18-8-7-14(21)12-15(18)22/h3-8,12H,2,9-11,13H2,1H3,(H,23,26). The van der Waals surface area contributed by atoms with E-state index in [-0.39, 0.29) is 12.5 Å². The van der Waals surface area contributed by atoms with Crippen molar-refractivity contribution in [2.45, 2.75) is 26.3 Å². The first-order valence-electron chi connectivity index (χ1n) is 8.87. The molecule has 0 saturated heterocycles. The molecule has 3 rings (SSSR count). The molecular weight excluding hydrogens is 385 g/mol. The van der Waals surface area contributed by atoms with Crippen molar-refractivity contribution in [2.24, 2.45) is 0 Å². The van der Waals surface area contributed by atoms with E-state index in [0.29, 0.717) is 28.8 Å². The van der Waals surface area contributed by atoms with Crippen molar-refractivity contribution < 1.29 is 9.53 Å². The second-order valence-corrected chi connectivity index (χ2v) is 6.98. The summed E-state index contributed by atoms with van der Waals surface area (Å²) in [6.07, 6.45) is 1.68. The first-order valence-corrected chi connectivity index (χ1v) is 9.62. The number of carbonyl (C=O) groups excluding carboxylic acids is 1. The Bertz CT molecular complexity index is 940. The molecule has 0 saturated carbocycles. The van der Waals surface area contributed by atoms with Gasteiger partial charge in [0.05, 0.1) is 16.1 Å². The third kappa shape index (κ3) is 4.93. The van der Waals surface area contributed by atoms with Crippen LogP contribution in [0.15, 0.2) is 42.5 Å². The molecule has 1 amide bonds. The normalized spacial score (nSPS) is 10.9. The number of aromatic nitrogens is 2. The van der Waals surface area contributed by atoms with Crippen molar-refractivity contribution >= 4 is 40.1 Å². The van der Waals surface area contributed by atoms with Gasteiger partial charge in [0.25, 0.3) is 5.91 Å². The number of carbonyl (C=O) groups is 1. The number of fused-ring (bicyclic) bond motifs is 1. The van der Waals surface area contributed by atoms with E-state index < -0.39 is 0 Å². The van der Waals surface area contributed by atoms with Crippen LogP contribution in [0.4, 0.5) is 0 Å². The topological polar surface area (TPSA) is 56.2 Å². The largest absolute Gasteiger partial charge is 0.482 e. The number of benzene rings is 2. The van der Waals surface area contributed by atoms with Crippen LogP contribution < -0.4 is 10.1 Å². The van der Waals surface area contributed by atoms with Crippen LogP contribution in [0.1, 0.15) is 19.2 Å². The van der Waals surface area contributed by atoms with Gasteiger partial charge >= 0.3 is 0 Å². The van der Waals surface area contributed by atoms with Crippen molar-refractivity contribution in [3.8, 4) is 5.75 Å². The number of hydrogen-bond donors (Lipinski definition) is 1. The van der Waals surface area contributed by atoms with E-state index in [9.17, 15) is 4.79 Å². The predicted molar refractivity (Wildman–Crippen MR) is 109 cm³/mol. The summed E-state index contributed by atoms with van der Waals surface area (Å²) in [5, 5.41) is 3.76. The van der Waals surface area contributed by atoms with Gasteiger partial charge in [0.1, 0.15) is 11.6 Å². The van der Waals surface area contributed by atoms with Gasteiger partial charge in [-0.2, -0.15) is 0 Å². The van der Waals surface area contributed by atoms with E-state index >= 15 is 0 Å². The van der Waals surface area contributed by atoms with Crippen molar-refractivity contribution in [1.29, 1.82) is 0 Å². The third-order valence-electron chi connectivity index (χ3n) is 4.10. The molecular formula is C20H21Cl2N3O2. The van der Waals surface area contributed by atoms with Crippen LogP contribution in [0.5, 0.6) is 5.75 Å². The molecule has 1 aromatic heterocycles. The van der Waals surface area contributed by atoms with Crippen molar-refractivity contribution in [1.82, 2.24) is 14.9 Å². The molecule has 0 unspecified atom stereocenters. The first-order chi connectivity index (χ1) is 13.1. The number of nitrogens with one attached hydrogen (secondary N) is 1. The highest BCUT2D eigenvalue weighted by Crippen LogP contribution is 2.27. The summed E-state index contributed by atoms with van der Waals surface area (Å²) in [4.78, 5) is 16.7. The van der Waals surface area contributed by atoms with Crippen LogP contribution in [-0.2, 0) is 17.8 Å². The van der Waals surface area contributed by atoms with Crippen LogP contribution in [0.3, 0.4) is 0 Å². The van der Waals surface area contributed by atoms with Crippen LogP contribution in [0.2, 0.25) is 10.0 Å². The average Bonchev–Trinajstić information content (AvgIpc) is 2.99. The Hall–Kier alpha value is -2.24. The number of para-hydroxylation sites is 2. The molecule has 142 valence electrons. The van der Waals surface area contributed by atoms with Gasteiger partial charge in [0.2, 0.25) is 0 Å². The van der Waals surface area contributed by atoms with Gasteiger partial charge in [-0.3, -0.25) is 4.79 Å². The van der Waals surface area contributed by atoms with E-state index in [1.54, 1.807) is 18.2 Å². The lowest BCUT2D eigenvalue weighted by Crippen LogP contribution is -2.31. The first kappa shape index (κ1) is 19.5. The molecule has 2 aromatic carbocycles. The molecule has 0 atom stereocenters. The Morgan fingerprint density at radius 3 is 2.81 bits per heavy atom. The number of amides is 1. The summed E-state index contributed by atoms with van der Waals surface area (Å²) in [6, 6.07) is 13.0. The Balaban J connectivity index is 1.54. The zero-order valence-corrected chi connectivity index (χ0v) is 16.6. The van der Waals surface area contributed by atoms with E-state index in [4.69, 9.17) is 32.9 Å². The fourth-order valence-corrected chi connectivity index (χ4v) is 3.35. The van der Waals surface area contributed by atoms with E-state index in [0.717, 1.165) is 29.8 Å².